The normalized spacial score (nSPS) is 11.9. The Morgan fingerprint density at radius 1 is 0.227 bits per heavy atom. The molecule has 300 valence electrons. The monoisotopic (exact) mass is 830 g/mol. The number of hydrogen-bond donors (Lipinski definition) is 0. The highest BCUT2D eigenvalue weighted by Gasteiger charge is 2.28. The van der Waals surface area contributed by atoms with Crippen LogP contribution in [0.25, 0.3) is 143 Å². The molecule has 0 radical (unpaired) electrons. The lowest BCUT2D eigenvalue weighted by Gasteiger charge is -2.21. The lowest BCUT2D eigenvalue weighted by molar-refractivity contribution is 1.48. The molecule has 0 atom stereocenters. The largest absolute Gasteiger partial charge is 0.192 e. The van der Waals surface area contributed by atoms with Crippen molar-refractivity contribution in [3.05, 3.63) is 217 Å². The highest BCUT2D eigenvalue weighted by Crippen LogP contribution is 2.55. The second-order valence-corrected chi connectivity index (χ2v) is 17.7. The van der Waals surface area contributed by atoms with Gasteiger partial charge >= 0.3 is 0 Å². The Kier molecular flexibility index (Phi) is 7.56. The second kappa shape index (κ2) is 13.7. The standard InChI is InChI=1S/C64H34N2/c65-35-37-23-25-43(49(27-37)39-11-3-1-4-12-39)51-29-59-60(61-33-55-47-21-9-17-41-15-7-19-45(63(41)47)53(55)31-57(51)61)30-52(44-26-24-38(36-66)28-50(44)40-13-5-2-6-14-40)58-32-54-46-20-8-16-42-18-10-22-48(64(42)46)56(54)34-62(58)59/h1-34H. The maximum absolute atomic E-state index is 10.2. The Hall–Kier alpha value is -9.08. The van der Waals surface area contributed by atoms with Crippen LogP contribution in [0.1, 0.15) is 11.1 Å². The van der Waals surface area contributed by atoms with E-state index >= 15 is 0 Å². The first-order valence-corrected chi connectivity index (χ1v) is 22.4. The maximum Gasteiger partial charge on any atom is 0.0991 e. The van der Waals surface area contributed by atoms with E-state index in [0.717, 1.165) is 66.1 Å². The third-order valence-corrected chi connectivity index (χ3v) is 14.4. The van der Waals surface area contributed by atoms with E-state index in [4.69, 9.17) is 0 Å². The molecule has 12 aromatic carbocycles. The van der Waals surface area contributed by atoms with Crippen LogP contribution in [-0.2, 0) is 0 Å². The van der Waals surface area contributed by atoms with Crippen molar-refractivity contribution in [3.63, 3.8) is 0 Å². The summed E-state index contributed by atoms with van der Waals surface area (Å²) in [5.74, 6) is 0. The predicted octanol–water partition coefficient (Wildman–Crippen LogP) is 17.2. The van der Waals surface area contributed by atoms with E-state index in [1.807, 2.05) is 36.4 Å². The van der Waals surface area contributed by atoms with Gasteiger partial charge in [-0.3, -0.25) is 0 Å². The molecule has 2 heteroatoms. The highest BCUT2D eigenvalue weighted by atomic mass is 14.3. The first-order chi connectivity index (χ1) is 32.6. The van der Waals surface area contributed by atoms with Crippen LogP contribution in [0.4, 0.5) is 0 Å². The SMILES string of the molecule is N#Cc1ccc(-c2cc3c4cc5c(cc4c(-c4ccc(C#N)cc4-c4ccccc4)cc3c3cc4c(cc23)-c2cccc3cccc-4c23)-c2cccc3cccc-5c23)c(-c2ccccc2)c1. The summed E-state index contributed by atoms with van der Waals surface area (Å²) in [5.41, 5.74) is 19.8. The van der Waals surface area contributed by atoms with Gasteiger partial charge in [-0.25, -0.2) is 0 Å². The molecular formula is C64H34N2. The van der Waals surface area contributed by atoms with Crippen molar-refractivity contribution in [1.29, 1.82) is 10.5 Å². The number of nitriles is 2. The van der Waals surface area contributed by atoms with Gasteiger partial charge in [0.2, 0.25) is 0 Å². The summed E-state index contributed by atoms with van der Waals surface area (Å²) in [7, 11) is 0. The molecule has 12 aromatic rings. The zero-order valence-electron chi connectivity index (χ0n) is 35.5. The average molecular weight is 831 g/mol. The fourth-order valence-corrected chi connectivity index (χ4v) is 11.5. The molecule has 2 nitrogen and oxygen atoms in total. The molecule has 2 aliphatic carbocycles. The third kappa shape index (κ3) is 5.10. The van der Waals surface area contributed by atoms with Crippen molar-refractivity contribution in [2.75, 3.05) is 0 Å². The summed E-state index contributed by atoms with van der Waals surface area (Å²) in [4.78, 5) is 0. The summed E-state index contributed by atoms with van der Waals surface area (Å²) in [5, 5.41) is 32.5. The van der Waals surface area contributed by atoms with Crippen molar-refractivity contribution in [1.82, 2.24) is 0 Å². The van der Waals surface area contributed by atoms with Gasteiger partial charge in [-0.15, -0.1) is 0 Å². The quantitative estimate of drug-likeness (QED) is 0.166. The van der Waals surface area contributed by atoms with Crippen LogP contribution in [-0.4, -0.2) is 0 Å². The van der Waals surface area contributed by atoms with Crippen LogP contribution in [0.2, 0.25) is 0 Å². The predicted molar refractivity (Wildman–Crippen MR) is 274 cm³/mol. The smallest absolute Gasteiger partial charge is 0.0991 e. The van der Waals surface area contributed by atoms with Crippen LogP contribution in [0, 0.1) is 22.7 Å². The number of nitrogens with zero attached hydrogens (tertiary/aromatic N) is 2. The van der Waals surface area contributed by atoms with E-state index in [9.17, 15) is 10.5 Å². The van der Waals surface area contributed by atoms with Crippen LogP contribution in [0.5, 0.6) is 0 Å². The Bertz CT molecular complexity index is 3940. The molecule has 0 aliphatic heterocycles. The Morgan fingerprint density at radius 2 is 0.561 bits per heavy atom. The molecule has 0 N–H and O–H groups in total. The minimum Gasteiger partial charge on any atom is -0.192 e. The molecule has 2 aliphatic rings. The molecule has 0 saturated heterocycles. The molecule has 0 aromatic heterocycles. The van der Waals surface area contributed by atoms with E-state index in [1.165, 1.54) is 76.8 Å². The number of fused-ring (bicyclic) bond motifs is 11. The minimum atomic E-state index is 0.627. The number of hydrogen-bond acceptors (Lipinski definition) is 2. The summed E-state index contributed by atoms with van der Waals surface area (Å²) in [6, 6.07) is 79.4. The Balaban J connectivity index is 1.18. The van der Waals surface area contributed by atoms with E-state index in [0.29, 0.717) is 11.1 Å². The molecule has 0 bridgehead atoms. The zero-order valence-corrected chi connectivity index (χ0v) is 35.5. The lowest BCUT2D eigenvalue weighted by Crippen LogP contribution is -1.94. The van der Waals surface area contributed by atoms with Crippen LogP contribution in [0.3, 0.4) is 0 Å². The van der Waals surface area contributed by atoms with Crippen LogP contribution in [0.15, 0.2) is 206 Å². The molecular weight excluding hydrogens is 797 g/mol. The van der Waals surface area contributed by atoms with Crippen molar-refractivity contribution in [3.8, 4) is 101 Å². The topological polar surface area (TPSA) is 47.6 Å². The van der Waals surface area contributed by atoms with E-state index in [1.54, 1.807) is 0 Å². The molecule has 0 unspecified atom stereocenters. The average Bonchev–Trinajstić information content (AvgIpc) is 3.88. The van der Waals surface area contributed by atoms with Crippen LogP contribution < -0.4 is 0 Å². The van der Waals surface area contributed by atoms with Gasteiger partial charge in [0.25, 0.3) is 0 Å². The van der Waals surface area contributed by atoms with Crippen molar-refractivity contribution < 1.29 is 0 Å². The zero-order chi connectivity index (χ0) is 43.6. The summed E-state index contributed by atoms with van der Waals surface area (Å²) in [6.45, 7) is 0. The van der Waals surface area contributed by atoms with Gasteiger partial charge in [-0.2, -0.15) is 10.5 Å². The molecule has 0 heterocycles. The number of benzene rings is 12. The number of rotatable bonds is 4. The Morgan fingerprint density at radius 3 is 0.924 bits per heavy atom. The van der Waals surface area contributed by atoms with Gasteiger partial charge in [0.15, 0.2) is 0 Å². The van der Waals surface area contributed by atoms with E-state index in [2.05, 4.69) is 182 Å². The minimum absolute atomic E-state index is 0.627. The summed E-state index contributed by atoms with van der Waals surface area (Å²) < 4.78 is 0. The first-order valence-electron chi connectivity index (χ1n) is 22.4. The summed E-state index contributed by atoms with van der Waals surface area (Å²) in [6.07, 6.45) is 0. The van der Waals surface area contributed by atoms with Crippen molar-refractivity contribution >= 4 is 53.9 Å². The maximum atomic E-state index is 10.2. The van der Waals surface area contributed by atoms with Gasteiger partial charge in [-0.05, 0) is 204 Å². The first kappa shape index (κ1) is 36.4. The van der Waals surface area contributed by atoms with Crippen LogP contribution >= 0.6 is 0 Å². The molecule has 14 rings (SSSR count). The van der Waals surface area contributed by atoms with Gasteiger partial charge in [0.05, 0.1) is 23.3 Å². The van der Waals surface area contributed by atoms with Gasteiger partial charge in [0, 0.05) is 0 Å². The third-order valence-electron chi connectivity index (χ3n) is 14.4. The molecule has 0 fully saturated rings. The highest BCUT2D eigenvalue weighted by molar-refractivity contribution is 6.29. The van der Waals surface area contributed by atoms with Gasteiger partial charge < -0.3 is 0 Å². The van der Waals surface area contributed by atoms with E-state index in [-0.39, 0.29) is 0 Å². The van der Waals surface area contributed by atoms with Gasteiger partial charge in [0.1, 0.15) is 0 Å². The summed E-state index contributed by atoms with van der Waals surface area (Å²) >= 11 is 0. The fourth-order valence-electron chi connectivity index (χ4n) is 11.5. The molecule has 0 spiro atoms. The molecule has 0 saturated carbocycles. The molecule has 66 heavy (non-hydrogen) atoms. The lowest BCUT2D eigenvalue weighted by atomic mass is 9.82. The Labute approximate surface area is 381 Å². The second-order valence-electron chi connectivity index (χ2n) is 17.7. The van der Waals surface area contributed by atoms with E-state index < -0.39 is 0 Å². The van der Waals surface area contributed by atoms with Gasteiger partial charge in [-0.1, -0.05) is 146 Å². The fraction of sp³-hybridized carbons (Fsp3) is 0. The van der Waals surface area contributed by atoms with Crippen molar-refractivity contribution in [2.45, 2.75) is 0 Å². The van der Waals surface area contributed by atoms with Crippen molar-refractivity contribution in [2.24, 2.45) is 0 Å². The molecule has 0 amide bonds.